The first kappa shape index (κ1) is 19.9. The van der Waals surface area contributed by atoms with Crippen LogP contribution in [0.1, 0.15) is 28.4 Å². The van der Waals surface area contributed by atoms with Crippen molar-refractivity contribution in [3.05, 3.63) is 59.2 Å². The fourth-order valence-electron chi connectivity index (χ4n) is 2.29. The maximum absolute atomic E-state index is 12.5. The number of carbonyl (C=O) groups excluding carboxylic acids is 1. The molecule has 26 heavy (non-hydrogen) atoms. The lowest BCUT2D eigenvalue weighted by atomic mass is 10.1. The third kappa shape index (κ3) is 5.82. The van der Waals surface area contributed by atoms with Crippen molar-refractivity contribution in [2.24, 2.45) is 0 Å². The highest BCUT2D eigenvalue weighted by Crippen LogP contribution is 2.18. The van der Waals surface area contributed by atoms with E-state index in [9.17, 15) is 4.79 Å². The van der Waals surface area contributed by atoms with Gasteiger partial charge in [-0.25, -0.2) is 0 Å². The van der Waals surface area contributed by atoms with Crippen molar-refractivity contribution in [3.8, 4) is 5.75 Å². The van der Waals surface area contributed by atoms with E-state index in [4.69, 9.17) is 21.7 Å². The minimum Gasteiger partial charge on any atom is -0.490 e. The maximum Gasteiger partial charge on any atom is 0.261 e. The van der Waals surface area contributed by atoms with Crippen molar-refractivity contribution < 1.29 is 14.3 Å². The molecule has 0 aliphatic rings. The molecule has 2 aromatic carbocycles. The van der Waals surface area contributed by atoms with Gasteiger partial charge in [0.1, 0.15) is 12.4 Å². The number of anilines is 1. The van der Waals surface area contributed by atoms with Crippen molar-refractivity contribution in [2.45, 2.75) is 20.8 Å². The number of carbonyl (C=O) groups is 1. The zero-order chi connectivity index (χ0) is 18.9. The van der Waals surface area contributed by atoms with E-state index in [-0.39, 0.29) is 11.0 Å². The Bertz CT molecular complexity index is 777. The summed E-state index contributed by atoms with van der Waals surface area (Å²) in [5.41, 5.74) is 3.61. The Balaban J connectivity index is 1.98. The topological polar surface area (TPSA) is 59.6 Å². The third-order valence-electron chi connectivity index (χ3n) is 3.81. The third-order valence-corrected chi connectivity index (χ3v) is 4.02. The quantitative estimate of drug-likeness (QED) is 0.571. The van der Waals surface area contributed by atoms with Gasteiger partial charge in [0.25, 0.3) is 5.91 Å². The highest BCUT2D eigenvalue weighted by molar-refractivity contribution is 7.80. The van der Waals surface area contributed by atoms with Crippen molar-refractivity contribution in [1.29, 1.82) is 0 Å². The summed E-state index contributed by atoms with van der Waals surface area (Å²) in [5.74, 6) is 0.178. The minimum atomic E-state index is -0.321. The SMILES string of the molecule is CCOCCOc1ccccc1C(=O)NC(=S)Nc1ccc(C)c(C)c1. The summed E-state index contributed by atoms with van der Waals surface area (Å²) in [4.78, 5) is 12.5. The van der Waals surface area contributed by atoms with E-state index in [1.54, 1.807) is 18.2 Å². The van der Waals surface area contributed by atoms with Gasteiger partial charge in [0.05, 0.1) is 12.2 Å². The van der Waals surface area contributed by atoms with Gasteiger partial charge in [-0.2, -0.15) is 0 Å². The van der Waals surface area contributed by atoms with Gasteiger partial charge >= 0.3 is 0 Å². The number of para-hydroxylation sites is 1. The molecule has 0 spiro atoms. The predicted octanol–water partition coefficient (Wildman–Crippen LogP) is 3.85. The van der Waals surface area contributed by atoms with Crippen LogP contribution >= 0.6 is 12.2 Å². The van der Waals surface area contributed by atoms with E-state index in [1.807, 2.05) is 45.0 Å². The first-order valence-electron chi connectivity index (χ1n) is 8.50. The maximum atomic E-state index is 12.5. The molecule has 0 saturated heterocycles. The highest BCUT2D eigenvalue weighted by Gasteiger charge is 2.13. The summed E-state index contributed by atoms with van der Waals surface area (Å²) in [6.07, 6.45) is 0. The van der Waals surface area contributed by atoms with Crippen LogP contribution < -0.4 is 15.4 Å². The van der Waals surface area contributed by atoms with E-state index in [0.717, 1.165) is 11.3 Å². The number of amides is 1. The molecule has 0 fully saturated rings. The standard InChI is InChI=1S/C20H24N2O3S/c1-4-24-11-12-25-18-8-6-5-7-17(18)19(23)22-20(26)21-16-10-9-14(2)15(3)13-16/h5-10,13H,4,11-12H2,1-3H3,(H2,21,22,23,26). The molecule has 0 unspecified atom stereocenters. The molecule has 0 aliphatic heterocycles. The number of benzene rings is 2. The van der Waals surface area contributed by atoms with Crippen LogP contribution in [-0.4, -0.2) is 30.8 Å². The van der Waals surface area contributed by atoms with Gasteiger partial charge in [0.15, 0.2) is 5.11 Å². The largest absolute Gasteiger partial charge is 0.490 e. The van der Waals surface area contributed by atoms with Crippen LogP contribution in [0.25, 0.3) is 0 Å². The second kappa shape index (κ2) is 9.89. The fourth-order valence-corrected chi connectivity index (χ4v) is 2.50. The van der Waals surface area contributed by atoms with Crippen LogP contribution in [-0.2, 0) is 4.74 Å². The summed E-state index contributed by atoms with van der Waals surface area (Å²) in [7, 11) is 0. The van der Waals surface area contributed by atoms with Crippen LogP contribution in [0.3, 0.4) is 0 Å². The Labute approximate surface area is 159 Å². The number of ether oxygens (including phenoxy) is 2. The number of hydrogen-bond acceptors (Lipinski definition) is 4. The number of rotatable bonds is 7. The Morgan fingerprint density at radius 3 is 2.58 bits per heavy atom. The molecular weight excluding hydrogens is 348 g/mol. The zero-order valence-corrected chi connectivity index (χ0v) is 16.1. The average Bonchev–Trinajstić information content (AvgIpc) is 2.62. The van der Waals surface area contributed by atoms with Crippen molar-refractivity contribution in [3.63, 3.8) is 0 Å². The normalized spacial score (nSPS) is 10.3. The lowest BCUT2D eigenvalue weighted by Crippen LogP contribution is -2.34. The summed E-state index contributed by atoms with van der Waals surface area (Å²) in [6, 6.07) is 13.0. The fraction of sp³-hybridized carbons (Fsp3) is 0.300. The van der Waals surface area contributed by atoms with Gasteiger partial charge in [-0.15, -0.1) is 0 Å². The van der Waals surface area contributed by atoms with E-state index < -0.39 is 0 Å². The van der Waals surface area contributed by atoms with E-state index >= 15 is 0 Å². The van der Waals surface area contributed by atoms with Crippen LogP contribution in [0.5, 0.6) is 5.75 Å². The molecule has 1 amide bonds. The smallest absolute Gasteiger partial charge is 0.261 e. The second-order valence-electron chi connectivity index (χ2n) is 5.75. The van der Waals surface area contributed by atoms with Crippen molar-refractivity contribution in [2.75, 3.05) is 25.1 Å². The lowest BCUT2D eigenvalue weighted by molar-refractivity contribution is 0.0958. The van der Waals surface area contributed by atoms with Gasteiger partial charge in [-0.1, -0.05) is 18.2 Å². The monoisotopic (exact) mass is 372 g/mol. The summed E-state index contributed by atoms with van der Waals surface area (Å²) < 4.78 is 10.9. The molecule has 0 heterocycles. The zero-order valence-electron chi connectivity index (χ0n) is 15.3. The first-order valence-corrected chi connectivity index (χ1v) is 8.91. The molecule has 0 saturated carbocycles. The Hall–Kier alpha value is -2.44. The molecule has 0 atom stereocenters. The van der Waals surface area contributed by atoms with E-state index in [0.29, 0.717) is 31.1 Å². The van der Waals surface area contributed by atoms with Gasteiger partial charge in [0.2, 0.25) is 0 Å². The molecule has 0 radical (unpaired) electrons. The number of thiocarbonyl (C=S) groups is 1. The van der Waals surface area contributed by atoms with Crippen LogP contribution in [0, 0.1) is 13.8 Å². The Kier molecular flexibility index (Phi) is 7.56. The Morgan fingerprint density at radius 1 is 1.08 bits per heavy atom. The van der Waals surface area contributed by atoms with Gasteiger partial charge < -0.3 is 14.8 Å². The van der Waals surface area contributed by atoms with Gasteiger partial charge in [-0.05, 0) is 68.4 Å². The molecular formula is C20H24N2O3S. The minimum absolute atomic E-state index is 0.238. The summed E-state index contributed by atoms with van der Waals surface area (Å²) >= 11 is 5.25. The molecule has 2 rings (SSSR count). The molecule has 2 N–H and O–H groups in total. The molecule has 0 bridgehead atoms. The van der Waals surface area contributed by atoms with Crippen molar-refractivity contribution in [1.82, 2.24) is 5.32 Å². The number of hydrogen-bond donors (Lipinski definition) is 2. The molecule has 138 valence electrons. The van der Waals surface area contributed by atoms with Crippen LogP contribution in [0.4, 0.5) is 5.69 Å². The van der Waals surface area contributed by atoms with E-state index in [2.05, 4.69) is 10.6 Å². The molecule has 0 aliphatic carbocycles. The van der Waals surface area contributed by atoms with Crippen molar-refractivity contribution >= 4 is 28.9 Å². The summed E-state index contributed by atoms with van der Waals surface area (Å²) in [6.45, 7) is 7.47. The summed E-state index contributed by atoms with van der Waals surface area (Å²) in [5, 5.41) is 5.96. The van der Waals surface area contributed by atoms with Gasteiger partial charge in [0, 0.05) is 12.3 Å². The average molecular weight is 372 g/mol. The van der Waals surface area contributed by atoms with E-state index in [1.165, 1.54) is 5.56 Å². The number of aryl methyl sites for hydroxylation is 2. The predicted molar refractivity (Wildman–Crippen MR) is 108 cm³/mol. The van der Waals surface area contributed by atoms with Gasteiger partial charge in [-0.3, -0.25) is 10.1 Å². The highest BCUT2D eigenvalue weighted by atomic mass is 32.1. The molecule has 6 heteroatoms. The lowest BCUT2D eigenvalue weighted by Gasteiger charge is -2.13. The second-order valence-corrected chi connectivity index (χ2v) is 6.16. The Morgan fingerprint density at radius 2 is 1.85 bits per heavy atom. The molecule has 2 aromatic rings. The molecule has 5 nitrogen and oxygen atoms in total. The first-order chi connectivity index (χ1) is 12.5. The number of nitrogens with one attached hydrogen (secondary N) is 2. The van der Waals surface area contributed by atoms with Crippen LogP contribution in [0.2, 0.25) is 0 Å². The van der Waals surface area contributed by atoms with Crippen LogP contribution in [0.15, 0.2) is 42.5 Å². The molecule has 0 aromatic heterocycles.